The summed E-state index contributed by atoms with van der Waals surface area (Å²) in [5, 5.41) is 3.95. The third-order valence-electron chi connectivity index (χ3n) is 13.1. The summed E-state index contributed by atoms with van der Waals surface area (Å²) >= 11 is 0. The van der Waals surface area contributed by atoms with Crippen LogP contribution in [0, 0.1) is 0 Å². The van der Waals surface area contributed by atoms with Crippen LogP contribution in [0.25, 0.3) is 65.4 Å². The van der Waals surface area contributed by atoms with E-state index in [4.69, 9.17) is 86.7 Å². The lowest BCUT2D eigenvalue weighted by Crippen LogP contribution is -1.99. The number of aromatic nitrogens is 6. The standard InChI is InChI=1S/C60H42N6O12/c1-67-37-13-19-43-55-31(37)7-25-49(61-55)74-44-20-14-38(68-2)33-9-27-51(63-56(33)44)76-46-22-16-40(70-4)35-11-29-53(65-58(35)46)78-48-24-18-42(72-6)36-12-30-54(66-60(36)48)77-47-23-17-41(71-5)34-10-28-52(64-59(34)47)75-45-21-15-39(69-3)32-8-26-50(73-43)62-57(32)45/h7-30H,1-6H3. The van der Waals surface area contributed by atoms with Gasteiger partial charge in [-0.05, 0) is 109 Å². The zero-order chi connectivity index (χ0) is 53.0. The molecule has 0 aliphatic carbocycles. The second-order valence-corrected chi connectivity index (χ2v) is 17.5. The summed E-state index contributed by atoms with van der Waals surface area (Å²) in [6, 6.07) is 42.8. The molecule has 12 aromatic rings. The molecule has 0 radical (unpaired) electrons. The van der Waals surface area contributed by atoms with E-state index >= 15 is 0 Å². The summed E-state index contributed by atoms with van der Waals surface area (Å²) in [5.41, 5.74) is 2.58. The van der Waals surface area contributed by atoms with E-state index in [2.05, 4.69) is 0 Å². The van der Waals surface area contributed by atoms with Gasteiger partial charge in [0.25, 0.3) is 0 Å². The molecule has 0 spiro atoms. The van der Waals surface area contributed by atoms with Gasteiger partial charge in [0.05, 0.1) is 42.7 Å². The van der Waals surface area contributed by atoms with Crippen LogP contribution in [0.3, 0.4) is 0 Å². The average molecular weight is 1040 g/mol. The highest BCUT2D eigenvalue weighted by Crippen LogP contribution is 2.45. The molecule has 0 unspecified atom stereocenters. The van der Waals surface area contributed by atoms with Crippen LogP contribution >= 0.6 is 0 Å². The molecule has 6 aromatic heterocycles. The molecule has 384 valence electrons. The molecule has 18 heteroatoms. The van der Waals surface area contributed by atoms with Crippen LogP contribution in [-0.2, 0) is 0 Å². The smallest absolute Gasteiger partial charge is 0.220 e. The van der Waals surface area contributed by atoms with E-state index in [1.165, 1.54) is 0 Å². The zero-order valence-electron chi connectivity index (χ0n) is 42.4. The van der Waals surface area contributed by atoms with Crippen molar-refractivity contribution in [2.75, 3.05) is 42.7 Å². The highest BCUT2D eigenvalue weighted by atomic mass is 16.5. The van der Waals surface area contributed by atoms with Crippen molar-refractivity contribution >= 4 is 65.4 Å². The monoisotopic (exact) mass is 1040 g/mol. The van der Waals surface area contributed by atoms with E-state index in [0.29, 0.717) is 134 Å². The van der Waals surface area contributed by atoms with Crippen molar-refractivity contribution in [2.45, 2.75) is 0 Å². The minimum Gasteiger partial charge on any atom is -0.496 e. The lowest BCUT2D eigenvalue weighted by atomic mass is 10.1. The Hall–Kier alpha value is -10.6. The molecule has 13 rings (SSSR count). The SMILES string of the molecule is COc1ccc2c3nc(ccc13)Oc1ccc(OC)c3ccc(nc13)Oc1ccc(OC)c3ccc(nc13)Oc1ccc(OC)c3ccc(nc13)Oc1ccc(OC)c3ccc(nc13)Oc1ccc(OC)c3ccc(nc13)O2. The number of methoxy groups -OCH3 is 6. The Morgan fingerprint density at radius 2 is 0.359 bits per heavy atom. The Bertz CT molecular complexity index is 3680. The van der Waals surface area contributed by atoms with Gasteiger partial charge in [0.1, 0.15) is 67.6 Å². The molecule has 1 aliphatic heterocycles. The van der Waals surface area contributed by atoms with Gasteiger partial charge in [-0.1, -0.05) is 0 Å². The van der Waals surface area contributed by atoms with Crippen LogP contribution in [0.15, 0.2) is 146 Å². The van der Waals surface area contributed by atoms with Gasteiger partial charge in [-0.3, -0.25) is 0 Å². The molecule has 0 amide bonds. The normalized spacial score (nSPS) is 12.1. The second kappa shape index (κ2) is 19.3. The predicted octanol–water partition coefficient (Wildman–Crippen LogP) is 14.1. The number of benzene rings is 6. The van der Waals surface area contributed by atoms with Crippen molar-refractivity contribution in [1.29, 1.82) is 0 Å². The van der Waals surface area contributed by atoms with Crippen LogP contribution < -0.4 is 56.8 Å². The molecule has 0 saturated heterocycles. The Morgan fingerprint density at radius 1 is 0.205 bits per heavy atom. The minimum absolute atomic E-state index is 0.231. The fourth-order valence-electron chi connectivity index (χ4n) is 9.47. The molecule has 7 heterocycles. The Morgan fingerprint density at radius 3 is 0.500 bits per heavy atom. The topological polar surface area (TPSA) is 188 Å². The van der Waals surface area contributed by atoms with E-state index < -0.39 is 0 Å². The lowest BCUT2D eigenvalue weighted by molar-refractivity contribution is 0.415. The van der Waals surface area contributed by atoms with Gasteiger partial charge in [0.15, 0.2) is 34.5 Å². The van der Waals surface area contributed by atoms with Crippen molar-refractivity contribution < 1.29 is 56.8 Å². The highest BCUT2D eigenvalue weighted by molar-refractivity contribution is 5.96. The molecule has 18 nitrogen and oxygen atoms in total. The van der Waals surface area contributed by atoms with Crippen LogP contribution in [0.2, 0.25) is 0 Å². The number of fused-ring (bicyclic) bond motifs is 6. The first-order valence-corrected chi connectivity index (χ1v) is 24.2. The van der Waals surface area contributed by atoms with Gasteiger partial charge in [-0.15, -0.1) is 0 Å². The zero-order valence-corrected chi connectivity index (χ0v) is 42.4. The van der Waals surface area contributed by atoms with Crippen LogP contribution in [-0.4, -0.2) is 72.6 Å². The molecule has 1 aliphatic rings. The van der Waals surface area contributed by atoms with E-state index in [1.807, 2.05) is 36.4 Å². The van der Waals surface area contributed by atoms with E-state index in [-0.39, 0.29) is 35.3 Å². The van der Waals surface area contributed by atoms with Crippen LogP contribution in [0.4, 0.5) is 0 Å². The van der Waals surface area contributed by atoms with Gasteiger partial charge in [-0.2, -0.15) is 0 Å². The molecule has 0 saturated carbocycles. The third-order valence-corrected chi connectivity index (χ3v) is 13.1. The van der Waals surface area contributed by atoms with Crippen molar-refractivity contribution in [3.63, 3.8) is 0 Å². The molecule has 0 atom stereocenters. The predicted molar refractivity (Wildman–Crippen MR) is 290 cm³/mol. The van der Waals surface area contributed by atoms with Crippen molar-refractivity contribution in [2.24, 2.45) is 0 Å². The summed E-state index contributed by atoms with van der Waals surface area (Å²) in [4.78, 5) is 29.9. The number of hydrogen-bond donors (Lipinski definition) is 0. The molecule has 6 aromatic carbocycles. The maximum atomic E-state index is 6.60. The fourth-order valence-corrected chi connectivity index (χ4v) is 9.47. The van der Waals surface area contributed by atoms with E-state index in [1.54, 1.807) is 152 Å². The Kier molecular flexibility index (Phi) is 11.6. The number of nitrogens with zero attached hydrogens (tertiary/aromatic N) is 6. The largest absolute Gasteiger partial charge is 0.496 e. The summed E-state index contributed by atoms with van der Waals surface area (Å²) < 4.78 is 74.3. The highest BCUT2D eigenvalue weighted by Gasteiger charge is 2.22. The number of pyridine rings is 6. The van der Waals surface area contributed by atoms with Gasteiger partial charge in [-0.25, -0.2) is 29.9 Å². The second-order valence-electron chi connectivity index (χ2n) is 17.5. The molecule has 0 fully saturated rings. The van der Waals surface area contributed by atoms with E-state index in [9.17, 15) is 0 Å². The molecular weight excluding hydrogens is 997 g/mol. The number of rotatable bonds is 6. The van der Waals surface area contributed by atoms with E-state index in [0.717, 1.165) is 0 Å². The molecular formula is C60H42N6O12. The van der Waals surface area contributed by atoms with Gasteiger partial charge in [0, 0.05) is 68.7 Å². The first kappa shape index (κ1) is 47.1. The van der Waals surface area contributed by atoms with Crippen LogP contribution in [0.5, 0.6) is 104 Å². The van der Waals surface area contributed by atoms with Crippen molar-refractivity contribution in [3.8, 4) is 104 Å². The fraction of sp³-hybridized carbons (Fsp3) is 0.100. The lowest BCUT2D eigenvalue weighted by Gasteiger charge is -2.16. The molecule has 78 heavy (non-hydrogen) atoms. The van der Waals surface area contributed by atoms with Gasteiger partial charge in [0.2, 0.25) is 35.3 Å². The summed E-state index contributed by atoms with van der Waals surface area (Å²) in [6.45, 7) is 0. The Balaban J connectivity index is 1.00. The summed E-state index contributed by atoms with van der Waals surface area (Å²) in [6.07, 6.45) is 0. The minimum atomic E-state index is 0.231. The summed E-state index contributed by atoms with van der Waals surface area (Å²) in [5.74, 6) is 6.97. The third kappa shape index (κ3) is 8.24. The Labute approximate surface area is 443 Å². The summed E-state index contributed by atoms with van der Waals surface area (Å²) in [7, 11) is 9.53. The first-order valence-electron chi connectivity index (χ1n) is 24.2. The quantitative estimate of drug-likeness (QED) is 0.153. The molecule has 12 bridgehead atoms. The number of ether oxygens (including phenoxy) is 12. The maximum absolute atomic E-state index is 6.60. The van der Waals surface area contributed by atoms with Crippen molar-refractivity contribution in [1.82, 2.24) is 29.9 Å². The number of hydrogen-bond acceptors (Lipinski definition) is 18. The van der Waals surface area contributed by atoms with Crippen molar-refractivity contribution in [3.05, 3.63) is 146 Å². The molecule has 0 N–H and O–H groups in total. The van der Waals surface area contributed by atoms with Crippen LogP contribution in [0.1, 0.15) is 0 Å². The maximum Gasteiger partial charge on any atom is 0.220 e. The first-order chi connectivity index (χ1) is 38.3. The van der Waals surface area contributed by atoms with Gasteiger partial charge >= 0.3 is 0 Å². The average Bonchev–Trinajstić information content (AvgIpc) is 3.58. The van der Waals surface area contributed by atoms with Gasteiger partial charge < -0.3 is 56.8 Å².